The van der Waals surface area contributed by atoms with Crippen LogP contribution >= 0.6 is 0 Å². The van der Waals surface area contributed by atoms with Gasteiger partial charge in [-0.05, 0) is 101 Å². The molecule has 0 atom stereocenters. The average molecular weight is 863 g/mol. The molecular weight excluding hydrogens is 821 g/mol. The zero-order valence-corrected chi connectivity index (χ0v) is 37.1. The molecular formula is C66H42N2. The fourth-order valence-corrected chi connectivity index (χ4v) is 12.2. The standard InChI is InChI=1S/C66H42N2/c1-3-17-43(18-4-1)45-31-35-47(36-32-45)62-42-63(48-37-33-46(34-38-48)44-19-5-2-6-20-44)68-64(67-62)49-39-40-53-52-23-9-12-26-56(52)66(61(53)41-49)59-29-15-13-27-57(59)65(58-28-14-16-30-60(58)66)54-24-10-7-21-50(54)51-22-8-11-25-55(51)65/h1-42H. The van der Waals surface area contributed by atoms with E-state index in [4.69, 9.17) is 9.97 Å². The van der Waals surface area contributed by atoms with Crippen molar-refractivity contribution in [2.75, 3.05) is 0 Å². The van der Waals surface area contributed by atoms with Crippen molar-refractivity contribution in [3.05, 3.63) is 299 Å². The van der Waals surface area contributed by atoms with E-state index < -0.39 is 10.8 Å². The van der Waals surface area contributed by atoms with E-state index in [2.05, 4.69) is 255 Å². The van der Waals surface area contributed by atoms with Crippen LogP contribution in [0.5, 0.6) is 0 Å². The molecule has 11 aromatic rings. The van der Waals surface area contributed by atoms with Gasteiger partial charge in [0.2, 0.25) is 0 Å². The van der Waals surface area contributed by atoms with Gasteiger partial charge in [-0.3, -0.25) is 0 Å². The highest BCUT2D eigenvalue weighted by atomic mass is 14.9. The molecule has 68 heavy (non-hydrogen) atoms. The van der Waals surface area contributed by atoms with Crippen LogP contribution in [0.2, 0.25) is 0 Å². The first-order valence-electron chi connectivity index (χ1n) is 23.6. The fourth-order valence-electron chi connectivity index (χ4n) is 12.2. The Morgan fingerprint density at radius 2 is 0.500 bits per heavy atom. The molecule has 0 unspecified atom stereocenters. The summed E-state index contributed by atoms with van der Waals surface area (Å²) in [6, 6.07) is 93.6. The van der Waals surface area contributed by atoms with Crippen LogP contribution in [0.15, 0.2) is 255 Å². The maximum Gasteiger partial charge on any atom is 0.160 e. The van der Waals surface area contributed by atoms with E-state index in [-0.39, 0.29) is 0 Å². The molecule has 10 aromatic carbocycles. The summed E-state index contributed by atoms with van der Waals surface area (Å²) in [5, 5.41) is 0. The van der Waals surface area contributed by atoms with Gasteiger partial charge in [-0.2, -0.15) is 0 Å². The second kappa shape index (κ2) is 14.9. The van der Waals surface area contributed by atoms with Gasteiger partial charge in [0.05, 0.1) is 22.2 Å². The molecule has 0 N–H and O–H groups in total. The van der Waals surface area contributed by atoms with Gasteiger partial charge < -0.3 is 0 Å². The number of nitrogens with zero attached hydrogens (tertiary/aromatic N) is 2. The Hall–Kier alpha value is -8.72. The normalized spacial score (nSPS) is 13.8. The van der Waals surface area contributed by atoms with E-state index in [1.807, 2.05) is 0 Å². The van der Waals surface area contributed by atoms with Gasteiger partial charge in [0.15, 0.2) is 5.82 Å². The van der Waals surface area contributed by atoms with Crippen LogP contribution < -0.4 is 0 Å². The van der Waals surface area contributed by atoms with Crippen molar-refractivity contribution >= 4 is 0 Å². The number of benzene rings is 10. The number of fused-ring (bicyclic) bond motifs is 16. The molecule has 0 amide bonds. The van der Waals surface area contributed by atoms with Gasteiger partial charge in [-0.15, -0.1) is 0 Å². The van der Waals surface area contributed by atoms with Crippen molar-refractivity contribution in [3.8, 4) is 78.4 Å². The van der Waals surface area contributed by atoms with E-state index in [1.54, 1.807) is 0 Å². The third-order valence-corrected chi connectivity index (χ3v) is 15.0. The van der Waals surface area contributed by atoms with Gasteiger partial charge >= 0.3 is 0 Å². The minimum Gasteiger partial charge on any atom is -0.228 e. The molecule has 0 saturated carbocycles. The van der Waals surface area contributed by atoms with Crippen LogP contribution in [0.4, 0.5) is 0 Å². The first-order valence-corrected chi connectivity index (χ1v) is 23.6. The lowest BCUT2D eigenvalue weighted by molar-refractivity contribution is 0.633. The number of hydrogen-bond acceptors (Lipinski definition) is 2. The summed E-state index contributed by atoms with van der Waals surface area (Å²) in [6.07, 6.45) is 0. The SMILES string of the molecule is c1ccc(-c2ccc(-c3cc(-c4ccc(-c5ccccc5)cc4)nc(-c4ccc5c(c4)C4(c6ccccc6-5)c5ccccc5C5(c6ccccc6-c6ccccc65)c5ccccc54)n3)cc2)cc1. The monoisotopic (exact) mass is 862 g/mol. The topological polar surface area (TPSA) is 25.8 Å². The molecule has 316 valence electrons. The smallest absolute Gasteiger partial charge is 0.160 e. The molecule has 3 aliphatic carbocycles. The maximum absolute atomic E-state index is 5.46. The Bertz CT molecular complexity index is 3580. The van der Waals surface area contributed by atoms with Crippen LogP contribution in [0.3, 0.4) is 0 Å². The molecule has 0 radical (unpaired) electrons. The van der Waals surface area contributed by atoms with E-state index in [1.165, 1.54) is 89.0 Å². The Balaban J connectivity index is 0.996. The summed E-state index contributed by atoms with van der Waals surface area (Å²) >= 11 is 0. The second-order valence-electron chi connectivity index (χ2n) is 18.3. The summed E-state index contributed by atoms with van der Waals surface area (Å²) in [5.74, 6) is 0.693. The van der Waals surface area contributed by atoms with E-state index in [0.717, 1.165) is 28.1 Å². The average Bonchev–Trinajstić information content (AvgIpc) is 3.89. The molecule has 1 aromatic heterocycles. The Morgan fingerprint density at radius 3 is 0.912 bits per heavy atom. The highest BCUT2D eigenvalue weighted by Crippen LogP contribution is 2.67. The number of hydrogen-bond donors (Lipinski definition) is 0. The quantitative estimate of drug-likeness (QED) is 0.172. The van der Waals surface area contributed by atoms with Crippen molar-refractivity contribution < 1.29 is 0 Å². The first kappa shape index (κ1) is 38.5. The van der Waals surface area contributed by atoms with Gasteiger partial charge in [-0.25, -0.2) is 9.97 Å². The molecule has 0 fully saturated rings. The van der Waals surface area contributed by atoms with E-state index in [9.17, 15) is 0 Å². The zero-order valence-electron chi connectivity index (χ0n) is 37.1. The van der Waals surface area contributed by atoms with Crippen LogP contribution in [0.25, 0.3) is 78.4 Å². The molecule has 1 heterocycles. The van der Waals surface area contributed by atoms with Crippen molar-refractivity contribution in [1.29, 1.82) is 0 Å². The van der Waals surface area contributed by atoms with E-state index in [0.29, 0.717) is 5.82 Å². The van der Waals surface area contributed by atoms with Gasteiger partial charge in [0.25, 0.3) is 0 Å². The zero-order chi connectivity index (χ0) is 44.8. The summed E-state index contributed by atoms with van der Waals surface area (Å²) in [4.78, 5) is 10.9. The van der Waals surface area contributed by atoms with Gasteiger partial charge in [0, 0.05) is 16.7 Å². The Morgan fingerprint density at radius 1 is 0.206 bits per heavy atom. The van der Waals surface area contributed by atoms with Crippen molar-refractivity contribution in [2.45, 2.75) is 10.8 Å². The Labute approximate surface area is 396 Å². The van der Waals surface area contributed by atoms with Gasteiger partial charge in [-0.1, -0.05) is 243 Å². The largest absolute Gasteiger partial charge is 0.228 e. The van der Waals surface area contributed by atoms with Crippen LogP contribution in [-0.2, 0) is 10.8 Å². The summed E-state index contributed by atoms with van der Waals surface area (Å²) in [5.41, 5.74) is 24.0. The lowest BCUT2D eigenvalue weighted by Gasteiger charge is -2.48. The molecule has 2 spiro atoms. The molecule has 2 nitrogen and oxygen atoms in total. The predicted octanol–water partition coefficient (Wildman–Crippen LogP) is 15.9. The lowest BCUT2D eigenvalue weighted by Crippen LogP contribution is -2.43. The molecule has 3 aliphatic rings. The van der Waals surface area contributed by atoms with Crippen molar-refractivity contribution in [3.63, 3.8) is 0 Å². The number of aromatic nitrogens is 2. The van der Waals surface area contributed by atoms with Crippen LogP contribution in [0, 0.1) is 0 Å². The fraction of sp³-hybridized carbons (Fsp3) is 0.0303. The maximum atomic E-state index is 5.46. The van der Waals surface area contributed by atoms with Crippen molar-refractivity contribution in [2.24, 2.45) is 0 Å². The molecule has 2 heteroatoms. The summed E-state index contributed by atoms with van der Waals surface area (Å²) in [7, 11) is 0. The lowest BCUT2D eigenvalue weighted by atomic mass is 9.52. The highest BCUT2D eigenvalue weighted by molar-refractivity contribution is 5.94. The highest BCUT2D eigenvalue weighted by Gasteiger charge is 2.58. The molecule has 0 aliphatic heterocycles. The molecule has 14 rings (SSSR count). The van der Waals surface area contributed by atoms with Crippen LogP contribution in [0.1, 0.15) is 44.5 Å². The Kier molecular flexibility index (Phi) is 8.45. The van der Waals surface area contributed by atoms with Crippen LogP contribution in [-0.4, -0.2) is 9.97 Å². The summed E-state index contributed by atoms with van der Waals surface area (Å²) in [6.45, 7) is 0. The van der Waals surface area contributed by atoms with Gasteiger partial charge in [0.1, 0.15) is 0 Å². The summed E-state index contributed by atoms with van der Waals surface area (Å²) < 4.78 is 0. The van der Waals surface area contributed by atoms with E-state index >= 15 is 0 Å². The third kappa shape index (κ3) is 5.40. The minimum atomic E-state index is -0.617. The predicted molar refractivity (Wildman–Crippen MR) is 277 cm³/mol. The first-order chi connectivity index (χ1) is 33.7. The third-order valence-electron chi connectivity index (χ3n) is 15.0. The number of rotatable bonds is 5. The minimum absolute atomic E-state index is 0.501. The second-order valence-corrected chi connectivity index (χ2v) is 18.3. The van der Waals surface area contributed by atoms with Crippen molar-refractivity contribution in [1.82, 2.24) is 9.97 Å². The molecule has 0 bridgehead atoms. The molecule has 0 saturated heterocycles.